The first-order valence-electron chi connectivity index (χ1n) is 16.8. The lowest BCUT2D eigenvalue weighted by Crippen LogP contribution is -2.54. The van der Waals surface area contributed by atoms with Gasteiger partial charge in [0, 0.05) is 51.0 Å². The van der Waals surface area contributed by atoms with Gasteiger partial charge in [-0.3, -0.25) is 14.7 Å². The number of nitrogens with zero attached hydrogens (tertiary/aromatic N) is 3. The van der Waals surface area contributed by atoms with Crippen LogP contribution in [-0.2, 0) is 33.7 Å². The highest BCUT2D eigenvalue weighted by atomic mass is 32.1. The van der Waals surface area contributed by atoms with Gasteiger partial charge in [-0.1, -0.05) is 60.7 Å². The van der Waals surface area contributed by atoms with E-state index >= 15 is 0 Å². The van der Waals surface area contributed by atoms with Crippen molar-refractivity contribution < 1.29 is 23.9 Å². The van der Waals surface area contributed by atoms with Crippen molar-refractivity contribution in [2.45, 2.75) is 76.7 Å². The zero-order valence-electron chi connectivity index (χ0n) is 28.3. The Bertz CT molecular complexity index is 1370. The van der Waals surface area contributed by atoms with Crippen LogP contribution in [-0.4, -0.2) is 96.9 Å². The van der Waals surface area contributed by atoms with Gasteiger partial charge in [-0.25, -0.2) is 9.59 Å². The Morgan fingerprint density at radius 1 is 0.896 bits per heavy atom. The number of amides is 4. The number of urea groups is 1. The number of benzene rings is 2. The van der Waals surface area contributed by atoms with E-state index < -0.39 is 12.1 Å². The maximum atomic E-state index is 14.0. The fraction of sp³-hybridized carbons (Fsp3) is 0.500. The molecule has 4 rings (SSSR count). The number of hydrogen-bond donors (Lipinski definition) is 3. The van der Waals surface area contributed by atoms with Gasteiger partial charge in [0.25, 0.3) is 0 Å². The maximum Gasteiger partial charge on any atom is 0.407 e. The lowest BCUT2D eigenvalue weighted by molar-refractivity contribution is -0.124. The van der Waals surface area contributed by atoms with E-state index in [2.05, 4.69) is 25.8 Å². The average molecular weight is 679 g/mol. The highest BCUT2D eigenvalue weighted by molar-refractivity contribution is 7.09. The fourth-order valence-electron chi connectivity index (χ4n) is 5.50. The van der Waals surface area contributed by atoms with Gasteiger partial charge in [-0.2, -0.15) is 0 Å². The first kappa shape index (κ1) is 36.8. The van der Waals surface area contributed by atoms with Crippen molar-refractivity contribution in [3.63, 3.8) is 0 Å². The highest BCUT2D eigenvalue weighted by Crippen LogP contribution is 2.15. The van der Waals surface area contributed by atoms with Gasteiger partial charge in [0.05, 0.1) is 23.6 Å². The predicted octanol–water partition coefficient (Wildman–Crippen LogP) is 4.63. The number of aromatic nitrogens is 1. The van der Waals surface area contributed by atoms with E-state index in [9.17, 15) is 14.4 Å². The largest absolute Gasteiger partial charge is 0.444 e. The van der Waals surface area contributed by atoms with Gasteiger partial charge >= 0.3 is 12.1 Å². The minimum absolute atomic E-state index is 0.0125. The van der Waals surface area contributed by atoms with E-state index in [1.54, 1.807) is 23.7 Å². The average Bonchev–Trinajstić information content (AvgIpc) is 3.63. The molecule has 2 heterocycles. The van der Waals surface area contributed by atoms with Crippen LogP contribution in [0.1, 0.15) is 49.1 Å². The van der Waals surface area contributed by atoms with Crippen molar-refractivity contribution in [3.8, 4) is 0 Å². The number of thiazole rings is 1. The van der Waals surface area contributed by atoms with Gasteiger partial charge in [0.1, 0.15) is 12.6 Å². The van der Waals surface area contributed by atoms with Gasteiger partial charge in [0.15, 0.2) is 0 Å². The standard InChI is InChI=1S/C36H50N6O5S/c1-27(2)41(3)35(44)40-33(16-17-42-18-20-46-21-19-42)34(43)38-30(22-28-10-6-4-7-11-28)14-15-31(23-29-12-8-5-9-13-29)39-36(45)47-25-32-24-37-26-48-32/h4-13,24,26-27,30-31,33H,14-23,25H2,1-3H3,(H,38,43)(H,39,45)(H,40,44)/t30-,31-,33-/m0/s1. The second-order valence-corrected chi connectivity index (χ2v) is 13.5. The molecule has 260 valence electrons. The third kappa shape index (κ3) is 12.9. The number of morpholine rings is 1. The number of nitrogens with one attached hydrogen (secondary N) is 3. The lowest BCUT2D eigenvalue weighted by Gasteiger charge is -2.31. The van der Waals surface area contributed by atoms with Crippen LogP contribution in [0.15, 0.2) is 72.4 Å². The molecule has 0 radical (unpaired) electrons. The molecule has 2 aromatic carbocycles. The van der Waals surface area contributed by atoms with E-state index in [0.717, 1.165) is 29.1 Å². The van der Waals surface area contributed by atoms with Crippen LogP contribution in [0.25, 0.3) is 0 Å². The molecular weight excluding hydrogens is 629 g/mol. The first-order valence-corrected chi connectivity index (χ1v) is 17.7. The number of ether oxygens (including phenoxy) is 2. The molecule has 0 bridgehead atoms. The summed E-state index contributed by atoms with van der Waals surface area (Å²) in [5.74, 6) is -0.216. The monoisotopic (exact) mass is 678 g/mol. The van der Waals surface area contributed by atoms with Crippen molar-refractivity contribution in [2.24, 2.45) is 0 Å². The minimum Gasteiger partial charge on any atom is -0.444 e. The van der Waals surface area contributed by atoms with Crippen molar-refractivity contribution in [3.05, 3.63) is 88.4 Å². The Labute approximate surface area is 288 Å². The number of alkyl carbamates (subject to hydrolysis) is 1. The Hall–Kier alpha value is -4.00. The van der Waals surface area contributed by atoms with Crippen LogP contribution < -0.4 is 16.0 Å². The Balaban J connectivity index is 1.46. The normalized spacial score (nSPS) is 15.2. The highest BCUT2D eigenvalue weighted by Gasteiger charge is 2.27. The third-order valence-corrected chi connectivity index (χ3v) is 9.31. The molecule has 1 fully saturated rings. The molecule has 3 N–H and O–H groups in total. The van der Waals surface area contributed by atoms with Gasteiger partial charge < -0.3 is 30.3 Å². The molecule has 0 unspecified atom stereocenters. The summed E-state index contributed by atoms with van der Waals surface area (Å²) < 4.78 is 11.0. The Kier molecular flexibility index (Phi) is 15.1. The SMILES string of the molecule is CC(C)N(C)C(=O)N[C@@H](CCN1CCOCC1)C(=O)N[C@@H](CC[C@@H](Cc1ccccc1)NC(=O)OCc1cncs1)Cc1ccccc1. The molecule has 11 nitrogen and oxygen atoms in total. The molecule has 1 aliphatic heterocycles. The molecule has 0 aliphatic carbocycles. The van der Waals surface area contributed by atoms with Crippen LogP contribution in [0.4, 0.5) is 9.59 Å². The van der Waals surface area contributed by atoms with Gasteiger partial charge in [-0.15, -0.1) is 11.3 Å². The summed E-state index contributed by atoms with van der Waals surface area (Å²) in [7, 11) is 1.73. The number of carbonyl (C=O) groups is 3. The van der Waals surface area contributed by atoms with Crippen molar-refractivity contribution in [1.82, 2.24) is 30.7 Å². The molecule has 48 heavy (non-hydrogen) atoms. The summed E-state index contributed by atoms with van der Waals surface area (Å²) in [6, 6.07) is 18.6. The first-order chi connectivity index (χ1) is 23.3. The molecule has 4 amide bonds. The summed E-state index contributed by atoms with van der Waals surface area (Å²) in [5.41, 5.74) is 3.89. The van der Waals surface area contributed by atoms with Gasteiger partial charge in [-0.05, 0) is 57.1 Å². The van der Waals surface area contributed by atoms with Crippen LogP contribution in [0.3, 0.4) is 0 Å². The van der Waals surface area contributed by atoms with Gasteiger partial charge in [0.2, 0.25) is 5.91 Å². The molecule has 12 heteroatoms. The summed E-state index contributed by atoms with van der Waals surface area (Å²) in [4.78, 5) is 48.7. The fourth-order valence-corrected chi connectivity index (χ4v) is 6.01. The van der Waals surface area contributed by atoms with E-state index in [-0.39, 0.29) is 36.7 Å². The molecule has 3 atom stereocenters. The van der Waals surface area contributed by atoms with E-state index in [4.69, 9.17) is 9.47 Å². The Morgan fingerprint density at radius 3 is 2.06 bits per heavy atom. The minimum atomic E-state index is -0.709. The zero-order chi connectivity index (χ0) is 34.1. The summed E-state index contributed by atoms with van der Waals surface area (Å²) in [6.45, 7) is 7.63. The van der Waals surface area contributed by atoms with Crippen LogP contribution in [0.2, 0.25) is 0 Å². The Morgan fingerprint density at radius 2 is 1.50 bits per heavy atom. The summed E-state index contributed by atoms with van der Waals surface area (Å²) in [6.07, 6.45) is 4.10. The molecule has 3 aromatic rings. The van der Waals surface area contributed by atoms with Crippen LogP contribution in [0.5, 0.6) is 0 Å². The van der Waals surface area contributed by atoms with Crippen molar-refractivity contribution in [1.29, 1.82) is 0 Å². The molecular formula is C36H50N6O5S. The number of hydrogen-bond acceptors (Lipinski definition) is 8. The zero-order valence-corrected chi connectivity index (χ0v) is 29.1. The molecule has 1 saturated heterocycles. The quantitative estimate of drug-likeness (QED) is 0.190. The second-order valence-electron chi connectivity index (χ2n) is 12.5. The molecule has 1 aromatic heterocycles. The van der Waals surface area contributed by atoms with E-state index in [1.807, 2.05) is 74.5 Å². The molecule has 0 spiro atoms. The van der Waals surface area contributed by atoms with Crippen LogP contribution >= 0.6 is 11.3 Å². The summed E-state index contributed by atoms with van der Waals surface area (Å²) >= 11 is 1.43. The molecule has 1 aliphatic rings. The molecule has 0 saturated carbocycles. The van der Waals surface area contributed by atoms with E-state index in [1.165, 1.54) is 11.3 Å². The van der Waals surface area contributed by atoms with Crippen molar-refractivity contribution >= 4 is 29.4 Å². The second kappa shape index (κ2) is 19.7. The summed E-state index contributed by atoms with van der Waals surface area (Å²) in [5, 5.41) is 9.34. The third-order valence-electron chi connectivity index (χ3n) is 8.56. The predicted molar refractivity (Wildman–Crippen MR) is 188 cm³/mol. The number of rotatable bonds is 17. The lowest BCUT2D eigenvalue weighted by atomic mass is 9.95. The smallest absolute Gasteiger partial charge is 0.407 e. The van der Waals surface area contributed by atoms with E-state index in [0.29, 0.717) is 51.9 Å². The number of carbonyl (C=O) groups excluding carboxylic acids is 3. The topological polar surface area (TPSA) is 125 Å². The van der Waals surface area contributed by atoms with Crippen LogP contribution in [0, 0.1) is 0 Å². The van der Waals surface area contributed by atoms with Crippen molar-refractivity contribution in [2.75, 3.05) is 39.9 Å². The maximum absolute atomic E-state index is 14.0.